The molecule has 0 aliphatic heterocycles. The Bertz CT molecular complexity index is 895. The van der Waals surface area contributed by atoms with Gasteiger partial charge in [-0.05, 0) is 35.9 Å². The van der Waals surface area contributed by atoms with Gasteiger partial charge in [-0.2, -0.15) is 4.31 Å². The maximum Gasteiger partial charge on any atom is 0.248 e. The number of hydrogen-bond acceptors (Lipinski definition) is 4. The van der Waals surface area contributed by atoms with E-state index in [1.54, 1.807) is 44.4 Å². The summed E-state index contributed by atoms with van der Waals surface area (Å²) >= 11 is 6.08. The molecule has 1 amide bonds. The Morgan fingerprint density at radius 3 is 2.62 bits per heavy atom. The van der Waals surface area contributed by atoms with Crippen LogP contribution >= 0.6 is 11.6 Å². The molecule has 138 valence electrons. The van der Waals surface area contributed by atoms with Gasteiger partial charge in [-0.3, -0.25) is 9.78 Å². The third-order valence-electron chi connectivity index (χ3n) is 3.63. The van der Waals surface area contributed by atoms with Crippen LogP contribution < -0.4 is 5.32 Å². The first-order valence-electron chi connectivity index (χ1n) is 8.07. The summed E-state index contributed by atoms with van der Waals surface area (Å²) in [6.07, 6.45) is 6.24. The highest BCUT2D eigenvalue weighted by Gasteiger charge is 2.24. The molecule has 0 aliphatic carbocycles. The van der Waals surface area contributed by atoms with E-state index in [0.29, 0.717) is 18.8 Å². The van der Waals surface area contributed by atoms with Gasteiger partial charge in [0, 0.05) is 37.2 Å². The van der Waals surface area contributed by atoms with Gasteiger partial charge in [0.1, 0.15) is 4.90 Å². The molecule has 8 heteroatoms. The number of hydrogen-bond donors (Lipinski definition) is 1. The van der Waals surface area contributed by atoms with Gasteiger partial charge in [0.2, 0.25) is 15.9 Å². The second-order valence-electron chi connectivity index (χ2n) is 5.34. The van der Waals surface area contributed by atoms with Crippen LogP contribution in [-0.2, 0) is 14.8 Å². The van der Waals surface area contributed by atoms with Crippen molar-refractivity contribution in [2.24, 2.45) is 0 Å². The van der Waals surface area contributed by atoms with Crippen molar-refractivity contribution >= 4 is 39.3 Å². The van der Waals surface area contributed by atoms with Gasteiger partial charge in [0.15, 0.2) is 0 Å². The van der Waals surface area contributed by atoms with E-state index in [9.17, 15) is 13.2 Å². The van der Waals surface area contributed by atoms with Crippen LogP contribution in [0.2, 0.25) is 5.02 Å². The van der Waals surface area contributed by atoms with E-state index in [1.807, 2.05) is 6.07 Å². The van der Waals surface area contributed by atoms with Crippen LogP contribution in [0.5, 0.6) is 0 Å². The fourth-order valence-corrected chi connectivity index (χ4v) is 4.27. The molecule has 0 aliphatic rings. The average molecular weight is 394 g/mol. The number of benzene rings is 1. The quantitative estimate of drug-likeness (QED) is 0.731. The van der Waals surface area contributed by atoms with Crippen LogP contribution in [0.25, 0.3) is 6.08 Å². The summed E-state index contributed by atoms with van der Waals surface area (Å²) in [4.78, 5) is 16.0. The van der Waals surface area contributed by atoms with E-state index in [4.69, 9.17) is 11.6 Å². The van der Waals surface area contributed by atoms with Crippen LogP contribution in [0.3, 0.4) is 0 Å². The van der Waals surface area contributed by atoms with E-state index in [-0.39, 0.29) is 15.8 Å². The van der Waals surface area contributed by atoms with Crippen molar-refractivity contribution in [2.45, 2.75) is 18.7 Å². The molecule has 0 atom stereocenters. The number of amides is 1. The number of carbonyl (C=O) groups is 1. The Balaban J connectivity index is 2.21. The topological polar surface area (TPSA) is 79.4 Å². The third kappa shape index (κ3) is 4.91. The Labute approximate surface area is 158 Å². The Hall–Kier alpha value is -2.22. The van der Waals surface area contributed by atoms with E-state index in [1.165, 1.54) is 22.5 Å². The van der Waals surface area contributed by atoms with Crippen LogP contribution in [-0.4, -0.2) is 36.7 Å². The van der Waals surface area contributed by atoms with Crippen molar-refractivity contribution in [1.82, 2.24) is 9.29 Å². The minimum absolute atomic E-state index is 0.0306. The first-order valence-corrected chi connectivity index (χ1v) is 9.89. The normalized spacial score (nSPS) is 11.8. The molecule has 26 heavy (non-hydrogen) atoms. The Morgan fingerprint density at radius 1 is 1.27 bits per heavy atom. The largest absolute Gasteiger partial charge is 0.322 e. The number of aromatic nitrogens is 1. The summed E-state index contributed by atoms with van der Waals surface area (Å²) in [5, 5.41) is 2.75. The van der Waals surface area contributed by atoms with Crippen molar-refractivity contribution < 1.29 is 13.2 Å². The molecule has 0 radical (unpaired) electrons. The molecule has 0 saturated carbocycles. The number of nitrogens with zero attached hydrogens (tertiary/aromatic N) is 2. The minimum Gasteiger partial charge on any atom is -0.322 e. The van der Waals surface area contributed by atoms with Gasteiger partial charge in [-0.15, -0.1) is 0 Å². The highest BCUT2D eigenvalue weighted by atomic mass is 35.5. The summed E-state index contributed by atoms with van der Waals surface area (Å²) in [5.74, 6) is -0.387. The van der Waals surface area contributed by atoms with Gasteiger partial charge < -0.3 is 5.32 Å². The van der Waals surface area contributed by atoms with Crippen molar-refractivity contribution in [1.29, 1.82) is 0 Å². The van der Waals surface area contributed by atoms with E-state index in [0.717, 1.165) is 5.56 Å². The number of carbonyl (C=O) groups excluding carboxylic acids is 1. The first kappa shape index (κ1) is 20.1. The molecule has 1 aromatic heterocycles. The zero-order valence-electron chi connectivity index (χ0n) is 14.5. The highest BCUT2D eigenvalue weighted by Crippen LogP contribution is 2.27. The fraction of sp³-hybridized carbons (Fsp3) is 0.222. The van der Waals surface area contributed by atoms with Crippen molar-refractivity contribution in [3.05, 3.63) is 59.4 Å². The van der Waals surface area contributed by atoms with Crippen LogP contribution in [0.15, 0.2) is 53.7 Å². The molecule has 0 fully saturated rings. The van der Waals surface area contributed by atoms with Crippen LogP contribution in [0.1, 0.15) is 19.4 Å². The molecular formula is C18H20ClN3O3S. The van der Waals surface area contributed by atoms with Crippen molar-refractivity contribution in [3.8, 4) is 0 Å². The number of sulfonamides is 1. The number of pyridine rings is 1. The lowest BCUT2D eigenvalue weighted by molar-refractivity contribution is -0.111. The molecule has 0 bridgehead atoms. The number of halogens is 1. The predicted octanol–water partition coefficient (Wildman–Crippen LogP) is 3.42. The van der Waals surface area contributed by atoms with Crippen molar-refractivity contribution in [2.75, 3.05) is 18.4 Å². The van der Waals surface area contributed by atoms with Gasteiger partial charge in [-0.25, -0.2) is 8.42 Å². The van der Waals surface area contributed by atoms with Gasteiger partial charge in [0.05, 0.1) is 5.02 Å². The number of nitrogens with one attached hydrogen (secondary N) is 1. The summed E-state index contributed by atoms with van der Waals surface area (Å²) in [5.41, 5.74) is 1.13. The van der Waals surface area contributed by atoms with E-state index in [2.05, 4.69) is 10.3 Å². The summed E-state index contributed by atoms with van der Waals surface area (Å²) < 4.78 is 26.7. The standard InChI is InChI=1S/C18H20ClN3O3S/c1-3-22(4-2)26(24,25)17-12-15(8-9-16(17)19)21-18(23)10-7-14-6-5-11-20-13-14/h5-13H,3-4H2,1-2H3,(H,21,23)/b10-7+. The lowest BCUT2D eigenvalue weighted by Crippen LogP contribution is -2.30. The van der Waals surface area contributed by atoms with E-state index < -0.39 is 10.0 Å². The Kier molecular flexibility index (Phi) is 6.90. The smallest absolute Gasteiger partial charge is 0.248 e. The second-order valence-corrected chi connectivity index (χ2v) is 7.66. The summed E-state index contributed by atoms with van der Waals surface area (Å²) in [6.45, 7) is 4.17. The van der Waals surface area contributed by atoms with Gasteiger partial charge >= 0.3 is 0 Å². The lowest BCUT2D eigenvalue weighted by Gasteiger charge is -2.19. The molecular weight excluding hydrogens is 374 g/mol. The van der Waals surface area contributed by atoms with Crippen molar-refractivity contribution in [3.63, 3.8) is 0 Å². The third-order valence-corrected chi connectivity index (χ3v) is 6.17. The maximum absolute atomic E-state index is 12.7. The second kappa shape index (κ2) is 8.93. The Morgan fingerprint density at radius 2 is 2.00 bits per heavy atom. The SMILES string of the molecule is CCN(CC)S(=O)(=O)c1cc(NC(=O)/C=C/c2cccnc2)ccc1Cl. The van der Waals surface area contributed by atoms with Crippen LogP contribution in [0, 0.1) is 0 Å². The highest BCUT2D eigenvalue weighted by molar-refractivity contribution is 7.89. The molecule has 2 rings (SSSR count). The monoisotopic (exact) mass is 393 g/mol. The summed E-state index contributed by atoms with van der Waals surface area (Å²) in [6, 6.07) is 7.96. The predicted molar refractivity (Wildman–Crippen MR) is 103 cm³/mol. The minimum atomic E-state index is -3.72. The number of rotatable bonds is 7. The molecule has 6 nitrogen and oxygen atoms in total. The van der Waals surface area contributed by atoms with Gasteiger partial charge in [0.25, 0.3) is 0 Å². The maximum atomic E-state index is 12.7. The zero-order chi connectivity index (χ0) is 19.2. The lowest BCUT2D eigenvalue weighted by atomic mass is 10.2. The molecule has 0 unspecified atom stereocenters. The molecule has 0 spiro atoms. The molecule has 1 heterocycles. The van der Waals surface area contributed by atoms with Crippen LogP contribution in [0.4, 0.5) is 5.69 Å². The summed E-state index contributed by atoms with van der Waals surface area (Å²) in [7, 11) is -3.72. The van der Waals surface area contributed by atoms with E-state index >= 15 is 0 Å². The average Bonchev–Trinajstić information content (AvgIpc) is 2.63. The first-order chi connectivity index (χ1) is 12.4. The zero-order valence-corrected chi connectivity index (χ0v) is 16.1. The fourth-order valence-electron chi connectivity index (χ4n) is 2.31. The molecule has 1 N–H and O–H groups in total. The molecule has 2 aromatic rings. The molecule has 0 saturated heterocycles. The molecule has 1 aromatic carbocycles. The number of anilines is 1. The van der Waals surface area contributed by atoms with Gasteiger partial charge in [-0.1, -0.05) is 31.5 Å².